The third-order valence-electron chi connectivity index (χ3n) is 14.3. The number of hydrogen-bond donors (Lipinski definition) is 19. The number of nitrogens with two attached hydrogens (primary N) is 7. The Morgan fingerprint density at radius 1 is 0.385 bits per heavy atom. The highest BCUT2D eigenvalue weighted by molar-refractivity contribution is 6.00. The predicted molar refractivity (Wildman–Crippen MR) is 330 cm³/mol. The van der Waals surface area contributed by atoms with Gasteiger partial charge >= 0.3 is 0 Å². The number of benzene rings is 2. The van der Waals surface area contributed by atoms with Gasteiger partial charge < -0.3 is 103 Å². The number of fused-ring (bicyclic) bond motifs is 2. The highest BCUT2D eigenvalue weighted by Crippen LogP contribution is 2.22. The van der Waals surface area contributed by atoms with E-state index in [1.807, 2.05) is 48.5 Å². The van der Waals surface area contributed by atoms with Gasteiger partial charge in [-0.2, -0.15) is 0 Å². The van der Waals surface area contributed by atoms with Crippen molar-refractivity contribution < 1.29 is 67.1 Å². The average molecular weight is 1270 g/mol. The van der Waals surface area contributed by atoms with Crippen molar-refractivity contribution in [1.82, 2.24) is 63.1 Å². The van der Waals surface area contributed by atoms with Crippen LogP contribution in [0.1, 0.15) is 95.1 Å². The third-order valence-corrected chi connectivity index (χ3v) is 14.3. The number of unbranched alkanes of at least 4 members (excludes halogenated alkanes) is 3. The van der Waals surface area contributed by atoms with Crippen molar-refractivity contribution >= 4 is 105 Å². The molecule has 0 saturated carbocycles. The Kier molecular flexibility index (Phi) is 30.5. The summed E-state index contributed by atoms with van der Waals surface area (Å²) >= 11 is 0. The van der Waals surface area contributed by atoms with Crippen LogP contribution in [0.4, 0.5) is 0 Å². The summed E-state index contributed by atoms with van der Waals surface area (Å²) in [7, 11) is 0. The number of aromatic nitrogens is 2. The van der Waals surface area contributed by atoms with Gasteiger partial charge in [0, 0.05) is 54.0 Å². The smallest absolute Gasteiger partial charge is 0.243 e. The molecule has 2 heterocycles. The van der Waals surface area contributed by atoms with E-state index >= 15 is 0 Å². The van der Waals surface area contributed by atoms with Crippen LogP contribution in [0.3, 0.4) is 0 Å². The molecule has 8 atom stereocenters. The number of H-pyrrole nitrogens is 2. The molecule has 0 aliphatic heterocycles. The van der Waals surface area contributed by atoms with E-state index in [4.69, 9.17) is 40.1 Å². The SMILES string of the molecule is CC(=O)N[C@@H](Cc1c[nH]c2ccccc12)C(=O)N[C@@H](Cc1c[nH]c2ccccc12)C(=O)N[C@@H](CCCCN)C(=O)N[C@@H](CCCCN)C(=O)N[C@@H](CCCCN)C(=O)NCC(=O)NCC(=O)N[C@@H](CC(N)=O)C(=O)N[C@@H](CC(N)=O)C(=O)N[C@@H](CC(N)=O)C(N)=O. The van der Waals surface area contributed by atoms with Crippen molar-refractivity contribution in [2.24, 2.45) is 40.1 Å². The van der Waals surface area contributed by atoms with Crippen molar-refractivity contribution in [2.75, 3.05) is 32.7 Å². The third kappa shape index (κ3) is 25.2. The minimum absolute atomic E-state index is 0.00147. The van der Waals surface area contributed by atoms with E-state index in [0.29, 0.717) is 44.1 Å². The van der Waals surface area contributed by atoms with E-state index in [1.54, 1.807) is 12.4 Å². The Morgan fingerprint density at radius 2 is 0.725 bits per heavy atom. The molecule has 26 N–H and O–H groups in total. The Labute approximate surface area is 523 Å². The van der Waals surface area contributed by atoms with Gasteiger partial charge in [0.25, 0.3) is 0 Å². The molecule has 2 aromatic carbocycles. The first kappa shape index (κ1) is 73.4. The van der Waals surface area contributed by atoms with E-state index in [2.05, 4.69) is 63.1 Å². The lowest BCUT2D eigenvalue weighted by atomic mass is 10.0. The topological polar surface area (TPSA) is 573 Å². The molecule has 4 rings (SSSR count). The van der Waals surface area contributed by atoms with E-state index in [1.165, 1.54) is 6.92 Å². The van der Waals surface area contributed by atoms with Gasteiger partial charge in [-0.3, -0.25) is 67.1 Å². The van der Waals surface area contributed by atoms with E-state index in [0.717, 1.165) is 27.4 Å². The molecular weight excluding hydrogens is 1190 g/mol. The summed E-state index contributed by atoms with van der Waals surface area (Å²) in [4.78, 5) is 190. The Bertz CT molecular complexity index is 3220. The van der Waals surface area contributed by atoms with Gasteiger partial charge in [0.1, 0.15) is 48.3 Å². The highest BCUT2D eigenvalue weighted by Gasteiger charge is 2.35. The summed E-state index contributed by atoms with van der Waals surface area (Å²) in [5.41, 5.74) is 41.2. The Hall–Kier alpha value is -10.0. The monoisotopic (exact) mass is 1270 g/mol. The van der Waals surface area contributed by atoms with Crippen LogP contribution in [0.5, 0.6) is 0 Å². The van der Waals surface area contributed by atoms with Crippen molar-refractivity contribution in [3.63, 3.8) is 0 Å². The first-order chi connectivity index (χ1) is 43.3. The van der Waals surface area contributed by atoms with Crippen LogP contribution in [0.15, 0.2) is 60.9 Å². The van der Waals surface area contributed by atoms with Crippen LogP contribution in [0.25, 0.3) is 21.8 Å². The van der Waals surface area contributed by atoms with Gasteiger partial charge in [0.2, 0.25) is 82.7 Å². The molecule has 0 aliphatic rings. The zero-order valence-corrected chi connectivity index (χ0v) is 50.6. The van der Waals surface area contributed by atoms with Gasteiger partial charge in [-0.25, -0.2) is 0 Å². The normalized spacial score (nSPS) is 13.7. The second-order valence-electron chi connectivity index (χ2n) is 21.6. The Morgan fingerprint density at radius 3 is 1.14 bits per heavy atom. The maximum absolute atomic E-state index is 14.7. The zero-order valence-electron chi connectivity index (χ0n) is 50.6. The van der Waals surface area contributed by atoms with E-state index in [-0.39, 0.29) is 51.7 Å². The number of hydrogen-bond acceptors (Lipinski definition) is 17. The number of amides is 14. The fourth-order valence-corrected chi connectivity index (χ4v) is 9.65. The summed E-state index contributed by atoms with van der Waals surface area (Å²) < 4.78 is 0. The lowest BCUT2D eigenvalue weighted by molar-refractivity contribution is -0.136. The van der Waals surface area contributed by atoms with Gasteiger partial charge in [-0.15, -0.1) is 0 Å². The van der Waals surface area contributed by atoms with Crippen molar-refractivity contribution in [3.05, 3.63) is 72.1 Å². The molecule has 0 radical (unpaired) electrons. The highest BCUT2D eigenvalue weighted by atomic mass is 16.2. The maximum Gasteiger partial charge on any atom is 0.243 e. The van der Waals surface area contributed by atoms with Crippen molar-refractivity contribution in [1.29, 1.82) is 0 Å². The molecule has 33 heteroatoms. The average Bonchev–Trinajstić information content (AvgIpc) is 1.77. The molecule has 0 fully saturated rings. The quantitative estimate of drug-likeness (QED) is 0.0184. The molecule has 14 amide bonds. The molecule has 0 aliphatic carbocycles. The lowest BCUT2D eigenvalue weighted by Crippen LogP contribution is -2.59. The standard InChI is InChI=1S/C58H85N19O14/c1-31(78)70-42(22-32-27-66-36-14-4-2-12-34(32)36)55(88)76-43(23-33-28-67-37-15-5-3-13-35(33)37)56(89)74-40(18-8-11-21-61)54(87)73-39(17-7-10-20-60)53(86)72-38(16-6-9-19-59)52(85)69-29-49(82)68-30-50(83)71-44(25-47(63)80)57(90)77-45(26-48(64)81)58(91)75-41(51(65)84)24-46(62)79/h2-5,12-15,27-28,38-45,66-67H,6-11,16-26,29-30,59-61H2,1H3,(H2,62,79)(H2,63,80)(H2,64,81)(H2,65,84)(H,68,82)(H,69,85)(H,70,78)(H,71,83)(H,72,86)(H,73,87)(H,74,89)(H,75,91)(H,76,88)(H,77,90)/t38-,39-,40-,41-,42-,43-,44-,45-/m0/s1. The fraction of sp³-hybridized carbons (Fsp3) is 0.483. The first-order valence-corrected chi connectivity index (χ1v) is 29.6. The molecule has 33 nitrogen and oxygen atoms in total. The number of para-hydroxylation sites is 2. The summed E-state index contributed by atoms with van der Waals surface area (Å²) in [5, 5.41) is 26.2. The zero-order chi connectivity index (χ0) is 67.2. The van der Waals surface area contributed by atoms with Crippen LogP contribution in [0, 0.1) is 0 Å². The minimum atomic E-state index is -1.84. The molecule has 91 heavy (non-hydrogen) atoms. The number of carbonyl (C=O) groups excluding carboxylic acids is 14. The van der Waals surface area contributed by atoms with E-state index in [9.17, 15) is 67.1 Å². The van der Waals surface area contributed by atoms with Crippen LogP contribution in [-0.2, 0) is 80.0 Å². The van der Waals surface area contributed by atoms with Gasteiger partial charge in [-0.1, -0.05) is 36.4 Å². The summed E-state index contributed by atoms with van der Waals surface area (Å²) in [6, 6.07) is 3.01. The fourth-order valence-electron chi connectivity index (χ4n) is 9.65. The van der Waals surface area contributed by atoms with Gasteiger partial charge in [0.15, 0.2) is 0 Å². The number of primary amides is 4. The number of aromatic amines is 2. The molecular formula is C58H85N19O14. The molecule has 4 aromatic rings. The second kappa shape index (κ2) is 37.7. The molecule has 0 saturated heterocycles. The summed E-state index contributed by atoms with van der Waals surface area (Å²) in [6.45, 7) is 0.323. The predicted octanol–water partition coefficient (Wildman–Crippen LogP) is -5.94. The molecule has 496 valence electrons. The lowest BCUT2D eigenvalue weighted by Gasteiger charge is -2.27. The first-order valence-electron chi connectivity index (χ1n) is 29.6. The van der Waals surface area contributed by atoms with Crippen LogP contribution in [-0.4, -0.2) is 174 Å². The van der Waals surface area contributed by atoms with Crippen LogP contribution in [0.2, 0.25) is 0 Å². The molecule has 0 unspecified atom stereocenters. The molecule has 2 aromatic heterocycles. The van der Waals surface area contributed by atoms with Crippen molar-refractivity contribution in [2.45, 2.75) is 145 Å². The van der Waals surface area contributed by atoms with E-state index < -0.39 is 163 Å². The Balaban J connectivity index is 1.49. The van der Waals surface area contributed by atoms with Gasteiger partial charge in [0.05, 0.1) is 32.4 Å². The van der Waals surface area contributed by atoms with Crippen LogP contribution < -0.4 is 93.3 Å². The summed E-state index contributed by atoms with van der Waals surface area (Å²) in [5.74, 6) is -13.4. The molecule has 0 bridgehead atoms. The van der Waals surface area contributed by atoms with Crippen molar-refractivity contribution in [3.8, 4) is 0 Å². The molecule has 0 spiro atoms. The van der Waals surface area contributed by atoms with Gasteiger partial charge in [-0.05, 0) is 101 Å². The minimum Gasteiger partial charge on any atom is -0.370 e. The summed E-state index contributed by atoms with van der Waals surface area (Å²) in [6.07, 6.45) is 3.24. The number of nitrogens with one attached hydrogen (secondary N) is 12. The number of rotatable bonds is 42. The maximum atomic E-state index is 14.7. The van der Waals surface area contributed by atoms with Crippen LogP contribution >= 0.6 is 0 Å². The largest absolute Gasteiger partial charge is 0.370 e. The second-order valence-corrected chi connectivity index (χ2v) is 21.6. The number of carbonyl (C=O) groups is 14.